The molecule has 1 heterocycles. The highest BCUT2D eigenvalue weighted by atomic mass is 16.6. The summed E-state index contributed by atoms with van der Waals surface area (Å²) in [5, 5.41) is 0. The van der Waals surface area contributed by atoms with Crippen molar-refractivity contribution in [3.05, 3.63) is 47.7 Å². The second-order valence-corrected chi connectivity index (χ2v) is 7.50. The Morgan fingerprint density at radius 3 is 2.46 bits per heavy atom. The number of hydrogen-bond acceptors (Lipinski definition) is 4. The third-order valence-electron chi connectivity index (χ3n) is 4.02. The van der Waals surface area contributed by atoms with E-state index in [9.17, 15) is 9.59 Å². The molecule has 26 heavy (non-hydrogen) atoms. The maximum atomic E-state index is 12.6. The lowest BCUT2D eigenvalue weighted by Gasteiger charge is -2.28. The first-order valence-corrected chi connectivity index (χ1v) is 9.26. The minimum atomic E-state index is -0.667. The summed E-state index contributed by atoms with van der Waals surface area (Å²) in [4.78, 5) is 26.2. The van der Waals surface area contributed by atoms with E-state index in [1.165, 1.54) is 11.0 Å². The van der Waals surface area contributed by atoms with Crippen molar-refractivity contribution in [2.45, 2.75) is 65.0 Å². The van der Waals surface area contributed by atoms with Crippen molar-refractivity contribution < 1.29 is 19.1 Å². The van der Waals surface area contributed by atoms with Gasteiger partial charge in [0.2, 0.25) is 0 Å². The van der Waals surface area contributed by atoms with Gasteiger partial charge >= 0.3 is 6.09 Å². The molecule has 0 saturated heterocycles. The van der Waals surface area contributed by atoms with Gasteiger partial charge in [0.25, 0.3) is 5.91 Å². The monoisotopic (exact) mass is 359 g/mol. The number of benzene rings is 1. The average molecular weight is 359 g/mol. The molecule has 1 aliphatic heterocycles. The second kappa shape index (κ2) is 8.88. The van der Waals surface area contributed by atoms with Crippen LogP contribution in [0.3, 0.4) is 0 Å². The number of ether oxygens (including phenoxy) is 2. The summed E-state index contributed by atoms with van der Waals surface area (Å²) in [6.45, 7) is 8.02. The van der Waals surface area contributed by atoms with Crippen LogP contribution < -0.4 is 0 Å². The van der Waals surface area contributed by atoms with Crippen LogP contribution in [0.15, 0.2) is 42.2 Å². The van der Waals surface area contributed by atoms with Crippen molar-refractivity contribution in [2.75, 3.05) is 6.61 Å². The van der Waals surface area contributed by atoms with Crippen LogP contribution in [-0.2, 0) is 20.7 Å². The first kappa shape index (κ1) is 20.0. The van der Waals surface area contributed by atoms with E-state index < -0.39 is 17.7 Å². The Hall–Kier alpha value is -2.30. The smallest absolute Gasteiger partial charge is 0.418 e. The Morgan fingerprint density at radius 2 is 1.85 bits per heavy atom. The molecule has 0 aromatic heterocycles. The number of rotatable bonds is 7. The van der Waals surface area contributed by atoms with Crippen LogP contribution in [0.25, 0.3) is 0 Å². The van der Waals surface area contributed by atoms with Gasteiger partial charge in [-0.05, 0) is 32.8 Å². The van der Waals surface area contributed by atoms with Gasteiger partial charge in [0.15, 0.2) is 0 Å². The molecule has 1 aromatic rings. The molecule has 0 aliphatic carbocycles. The third-order valence-corrected chi connectivity index (χ3v) is 4.02. The zero-order valence-corrected chi connectivity index (χ0v) is 16.2. The van der Waals surface area contributed by atoms with Crippen molar-refractivity contribution in [3.8, 4) is 0 Å². The molecule has 0 saturated carbocycles. The van der Waals surface area contributed by atoms with Gasteiger partial charge in [-0.2, -0.15) is 0 Å². The van der Waals surface area contributed by atoms with Gasteiger partial charge in [0.1, 0.15) is 17.4 Å². The van der Waals surface area contributed by atoms with E-state index in [2.05, 4.69) is 6.92 Å². The van der Waals surface area contributed by atoms with E-state index in [4.69, 9.17) is 9.47 Å². The molecule has 5 heteroatoms. The third kappa shape index (κ3) is 5.61. The lowest BCUT2D eigenvalue weighted by Crippen LogP contribution is -2.44. The van der Waals surface area contributed by atoms with Crippen LogP contribution in [0.2, 0.25) is 0 Å². The van der Waals surface area contributed by atoms with Crippen LogP contribution >= 0.6 is 0 Å². The normalized spacial score (nSPS) is 17.2. The molecule has 0 unspecified atom stereocenters. The topological polar surface area (TPSA) is 55.8 Å². The number of unbranched alkanes of at least 4 members (excludes halogenated alkanes) is 2. The summed E-state index contributed by atoms with van der Waals surface area (Å²) in [6.07, 6.45) is 4.38. The summed E-state index contributed by atoms with van der Waals surface area (Å²) >= 11 is 0. The quantitative estimate of drug-likeness (QED) is 0.674. The van der Waals surface area contributed by atoms with E-state index >= 15 is 0 Å². The lowest BCUT2D eigenvalue weighted by atomic mass is 10.0. The number of carbonyl (C=O) groups is 2. The lowest BCUT2D eigenvalue weighted by molar-refractivity contribution is -0.125. The Balaban J connectivity index is 2.17. The molecular formula is C21H29NO4. The molecule has 1 atom stereocenters. The van der Waals surface area contributed by atoms with Crippen LogP contribution in [0, 0.1) is 0 Å². The molecule has 2 rings (SSSR count). The predicted molar refractivity (Wildman–Crippen MR) is 101 cm³/mol. The second-order valence-electron chi connectivity index (χ2n) is 7.50. The number of carbonyl (C=O) groups excluding carboxylic acids is 2. The van der Waals surface area contributed by atoms with Gasteiger partial charge in [-0.3, -0.25) is 4.79 Å². The standard InChI is InChI=1S/C21H29NO4/c1-5-6-10-13-25-18-15-19(23)22(20(24)26-21(2,3)4)17(18)14-16-11-8-7-9-12-16/h7-9,11-12,15,17H,5-6,10,13-14H2,1-4H3/t17-/m0/s1. The zero-order chi connectivity index (χ0) is 19.2. The molecule has 0 N–H and O–H groups in total. The summed E-state index contributed by atoms with van der Waals surface area (Å²) in [6, 6.07) is 9.30. The minimum absolute atomic E-state index is 0.384. The fourth-order valence-corrected chi connectivity index (χ4v) is 2.81. The van der Waals surface area contributed by atoms with Gasteiger partial charge in [-0.15, -0.1) is 0 Å². The highest BCUT2D eigenvalue weighted by Gasteiger charge is 2.40. The van der Waals surface area contributed by atoms with Crippen molar-refractivity contribution in [3.63, 3.8) is 0 Å². The molecule has 142 valence electrons. The Morgan fingerprint density at radius 1 is 1.15 bits per heavy atom. The molecule has 0 bridgehead atoms. The molecule has 0 radical (unpaired) electrons. The highest BCUT2D eigenvalue weighted by Crippen LogP contribution is 2.27. The summed E-state index contributed by atoms with van der Waals surface area (Å²) in [5.41, 5.74) is 0.364. The van der Waals surface area contributed by atoms with Crippen molar-refractivity contribution in [1.29, 1.82) is 0 Å². The summed E-state index contributed by atoms with van der Waals surface area (Å²) < 4.78 is 11.3. The van der Waals surface area contributed by atoms with Gasteiger partial charge in [0.05, 0.1) is 6.61 Å². The molecule has 0 spiro atoms. The first-order chi connectivity index (χ1) is 12.3. The van der Waals surface area contributed by atoms with Crippen LogP contribution in [0.4, 0.5) is 4.79 Å². The molecule has 0 fully saturated rings. The number of nitrogens with zero attached hydrogens (tertiary/aromatic N) is 1. The maximum absolute atomic E-state index is 12.6. The van der Waals surface area contributed by atoms with E-state index in [0.29, 0.717) is 18.8 Å². The Labute approximate surface area is 156 Å². The van der Waals surface area contributed by atoms with E-state index in [0.717, 1.165) is 24.8 Å². The molecule has 1 aliphatic rings. The van der Waals surface area contributed by atoms with Crippen molar-refractivity contribution >= 4 is 12.0 Å². The largest absolute Gasteiger partial charge is 0.495 e. The van der Waals surface area contributed by atoms with Crippen molar-refractivity contribution in [1.82, 2.24) is 4.90 Å². The highest BCUT2D eigenvalue weighted by molar-refractivity contribution is 6.02. The summed E-state index contributed by atoms with van der Waals surface area (Å²) in [7, 11) is 0. The molecular weight excluding hydrogens is 330 g/mol. The van der Waals surface area contributed by atoms with Gasteiger partial charge < -0.3 is 9.47 Å². The number of amides is 2. The first-order valence-electron chi connectivity index (χ1n) is 9.26. The fourth-order valence-electron chi connectivity index (χ4n) is 2.81. The average Bonchev–Trinajstić information content (AvgIpc) is 2.86. The van der Waals surface area contributed by atoms with E-state index in [-0.39, 0.29) is 5.91 Å². The number of imide groups is 1. The Bertz CT molecular complexity index is 646. The fraction of sp³-hybridized carbons (Fsp3) is 0.524. The van der Waals surface area contributed by atoms with E-state index in [1.807, 2.05) is 30.3 Å². The zero-order valence-electron chi connectivity index (χ0n) is 16.2. The number of hydrogen-bond donors (Lipinski definition) is 0. The maximum Gasteiger partial charge on any atom is 0.418 e. The minimum Gasteiger partial charge on any atom is -0.495 e. The molecule has 5 nitrogen and oxygen atoms in total. The van der Waals surface area contributed by atoms with Crippen molar-refractivity contribution in [2.24, 2.45) is 0 Å². The van der Waals surface area contributed by atoms with Crippen LogP contribution in [-0.4, -0.2) is 35.2 Å². The van der Waals surface area contributed by atoms with Gasteiger partial charge in [-0.1, -0.05) is 50.1 Å². The molecule has 1 aromatic carbocycles. The Kier molecular flexibility index (Phi) is 6.83. The van der Waals surface area contributed by atoms with E-state index in [1.54, 1.807) is 20.8 Å². The molecule has 2 amide bonds. The van der Waals surface area contributed by atoms with Crippen LogP contribution in [0.1, 0.15) is 52.5 Å². The SMILES string of the molecule is CCCCCOC1=CC(=O)N(C(=O)OC(C)(C)C)[C@H]1Cc1ccccc1. The van der Waals surface area contributed by atoms with Crippen LogP contribution in [0.5, 0.6) is 0 Å². The van der Waals surface area contributed by atoms with Gasteiger partial charge in [0, 0.05) is 12.5 Å². The summed E-state index contributed by atoms with van der Waals surface area (Å²) in [5.74, 6) is 0.159. The predicted octanol–water partition coefficient (Wildman–Crippen LogP) is 4.47. The van der Waals surface area contributed by atoms with Gasteiger partial charge in [-0.25, -0.2) is 9.69 Å².